The van der Waals surface area contributed by atoms with E-state index in [-0.39, 0.29) is 11.5 Å². The molecule has 0 radical (unpaired) electrons. The molecule has 1 rings (SSSR count). The van der Waals surface area contributed by atoms with E-state index in [2.05, 4.69) is 9.72 Å². The maximum Gasteiger partial charge on any atom is 0.356 e. The van der Waals surface area contributed by atoms with Crippen molar-refractivity contribution in [2.45, 2.75) is 6.92 Å². The van der Waals surface area contributed by atoms with Crippen LogP contribution in [0.4, 0.5) is 5.82 Å². The minimum atomic E-state index is -0.567. The van der Waals surface area contributed by atoms with E-state index in [1.54, 1.807) is 13.0 Å². The molecular formula is C12H14N2O4. The van der Waals surface area contributed by atoms with E-state index >= 15 is 0 Å². The van der Waals surface area contributed by atoms with Gasteiger partial charge in [0.15, 0.2) is 5.69 Å². The molecule has 0 bridgehead atoms. The molecule has 0 amide bonds. The molecule has 0 saturated carbocycles. The van der Waals surface area contributed by atoms with Crippen LogP contribution < -0.4 is 5.73 Å². The van der Waals surface area contributed by atoms with E-state index in [0.717, 1.165) is 0 Å². The molecule has 18 heavy (non-hydrogen) atoms. The summed E-state index contributed by atoms with van der Waals surface area (Å²) in [5.74, 6) is -0.894. The van der Waals surface area contributed by atoms with Crippen LogP contribution in [0.1, 0.15) is 23.0 Å². The molecule has 6 heteroatoms. The Kier molecular flexibility index (Phi) is 4.86. The fourth-order valence-corrected chi connectivity index (χ4v) is 1.19. The predicted octanol–water partition coefficient (Wildman–Crippen LogP) is 1.03. The van der Waals surface area contributed by atoms with Crippen molar-refractivity contribution in [1.82, 2.24) is 4.98 Å². The number of carbonyl (C=O) groups is 2. The highest BCUT2D eigenvalue weighted by Crippen LogP contribution is 2.12. The average Bonchev–Trinajstić information content (AvgIpc) is 2.36. The Hall–Kier alpha value is -2.37. The second-order valence-corrected chi connectivity index (χ2v) is 3.25. The molecule has 0 aliphatic heterocycles. The molecule has 0 unspecified atom stereocenters. The van der Waals surface area contributed by atoms with Gasteiger partial charge in [-0.05, 0) is 25.1 Å². The summed E-state index contributed by atoms with van der Waals surface area (Å²) in [4.78, 5) is 26.2. The molecule has 1 heterocycles. The maximum atomic E-state index is 11.2. The third-order valence-electron chi connectivity index (χ3n) is 2.04. The van der Waals surface area contributed by atoms with E-state index in [1.165, 1.54) is 25.3 Å². The lowest BCUT2D eigenvalue weighted by atomic mass is 10.2. The largest absolute Gasteiger partial charge is 0.464 e. The van der Waals surface area contributed by atoms with Crippen LogP contribution in [0.2, 0.25) is 0 Å². The first-order chi connectivity index (χ1) is 8.58. The van der Waals surface area contributed by atoms with Crippen molar-refractivity contribution in [2.75, 3.05) is 19.5 Å². The van der Waals surface area contributed by atoms with Gasteiger partial charge in [0.2, 0.25) is 0 Å². The van der Waals surface area contributed by atoms with Crippen LogP contribution >= 0.6 is 0 Å². The first kappa shape index (κ1) is 13.7. The van der Waals surface area contributed by atoms with Gasteiger partial charge in [-0.25, -0.2) is 14.6 Å². The molecule has 96 valence electrons. The monoisotopic (exact) mass is 250 g/mol. The molecule has 0 spiro atoms. The Morgan fingerprint density at radius 3 is 2.72 bits per heavy atom. The summed E-state index contributed by atoms with van der Waals surface area (Å²) in [6.07, 6.45) is 2.72. The maximum absolute atomic E-state index is 11.2. The Morgan fingerprint density at radius 2 is 2.17 bits per heavy atom. The van der Waals surface area contributed by atoms with Crippen molar-refractivity contribution in [3.8, 4) is 0 Å². The molecule has 0 aromatic carbocycles. The van der Waals surface area contributed by atoms with Gasteiger partial charge in [0.05, 0.1) is 13.7 Å². The number of nitrogens with zero attached hydrogens (tertiary/aromatic N) is 1. The summed E-state index contributed by atoms with van der Waals surface area (Å²) >= 11 is 0. The lowest BCUT2D eigenvalue weighted by molar-refractivity contribution is -0.137. The molecule has 1 aromatic heterocycles. The molecule has 0 aliphatic carbocycles. The molecule has 1 aromatic rings. The number of nitrogens with two attached hydrogens (primary N) is 1. The molecule has 0 aliphatic rings. The highest BCUT2D eigenvalue weighted by atomic mass is 16.5. The molecular weight excluding hydrogens is 236 g/mol. The Bertz CT molecular complexity index is 483. The van der Waals surface area contributed by atoms with E-state index < -0.39 is 11.9 Å². The Balaban J connectivity index is 2.86. The second kappa shape index (κ2) is 6.39. The highest BCUT2D eigenvalue weighted by Gasteiger charge is 2.08. The van der Waals surface area contributed by atoms with Crippen molar-refractivity contribution >= 4 is 23.8 Å². The van der Waals surface area contributed by atoms with Gasteiger partial charge >= 0.3 is 11.9 Å². The first-order valence-corrected chi connectivity index (χ1v) is 5.28. The number of hydrogen-bond donors (Lipinski definition) is 1. The number of methoxy groups -OCH3 is 1. The van der Waals surface area contributed by atoms with Gasteiger partial charge in [0.25, 0.3) is 0 Å². The fourth-order valence-electron chi connectivity index (χ4n) is 1.19. The number of anilines is 1. The number of hydrogen-bond acceptors (Lipinski definition) is 6. The average molecular weight is 250 g/mol. The summed E-state index contributed by atoms with van der Waals surface area (Å²) in [6, 6.07) is 3.04. The topological polar surface area (TPSA) is 91.5 Å². The predicted molar refractivity (Wildman–Crippen MR) is 65.7 cm³/mol. The zero-order valence-electron chi connectivity index (χ0n) is 10.2. The molecule has 0 atom stereocenters. The van der Waals surface area contributed by atoms with Crippen LogP contribution in [0.25, 0.3) is 6.08 Å². The van der Waals surface area contributed by atoms with Crippen LogP contribution in [0, 0.1) is 0 Å². The van der Waals surface area contributed by atoms with Gasteiger partial charge in [0, 0.05) is 11.6 Å². The summed E-state index contributed by atoms with van der Waals surface area (Å²) in [5, 5.41) is 0. The Labute approximate surface area is 104 Å². The van der Waals surface area contributed by atoms with Crippen molar-refractivity contribution < 1.29 is 19.1 Å². The van der Waals surface area contributed by atoms with Crippen LogP contribution in [-0.4, -0.2) is 30.6 Å². The van der Waals surface area contributed by atoms with Crippen molar-refractivity contribution in [3.63, 3.8) is 0 Å². The number of ether oxygens (including phenoxy) is 2. The number of carbonyl (C=O) groups excluding carboxylic acids is 2. The van der Waals surface area contributed by atoms with Crippen LogP contribution in [0.5, 0.6) is 0 Å². The zero-order chi connectivity index (χ0) is 13.5. The quantitative estimate of drug-likeness (QED) is 0.633. The summed E-state index contributed by atoms with van der Waals surface area (Å²) in [5.41, 5.74) is 6.29. The van der Waals surface area contributed by atoms with E-state index in [4.69, 9.17) is 10.5 Å². The number of aromatic nitrogens is 1. The smallest absolute Gasteiger partial charge is 0.356 e. The van der Waals surface area contributed by atoms with Gasteiger partial charge < -0.3 is 15.2 Å². The summed E-state index contributed by atoms with van der Waals surface area (Å²) in [6.45, 7) is 2.02. The zero-order valence-corrected chi connectivity index (χ0v) is 10.2. The lowest BCUT2D eigenvalue weighted by Crippen LogP contribution is -2.07. The minimum absolute atomic E-state index is 0.114. The van der Waals surface area contributed by atoms with Crippen molar-refractivity contribution in [2.24, 2.45) is 0 Å². The standard InChI is InChI=1S/C12H14N2O4/c1-3-18-10(15)7-5-8-4-6-9(12(16)17-2)14-11(8)13/h4-7H,3H2,1-2H3,(H2,13,14). The third-order valence-corrected chi connectivity index (χ3v) is 2.04. The normalized spacial score (nSPS) is 10.3. The van der Waals surface area contributed by atoms with E-state index in [0.29, 0.717) is 12.2 Å². The van der Waals surface area contributed by atoms with Gasteiger partial charge in [-0.1, -0.05) is 0 Å². The van der Waals surface area contributed by atoms with Gasteiger partial charge in [-0.2, -0.15) is 0 Å². The SMILES string of the molecule is CCOC(=O)C=Cc1ccc(C(=O)OC)nc1N. The number of pyridine rings is 1. The molecule has 0 fully saturated rings. The van der Waals surface area contributed by atoms with Crippen LogP contribution in [0.15, 0.2) is 18.2 Å². The van der Waals surface area contributed by atoms with Crippen LogP contribution in [0.3, 0.4) is 0 Å². The van der Waals surface area contributed by atoms with Crippen molar-refractivity contribution in [1.29, 1.82) is 0 Å². The second-order valence-electron chi connectivity index (χ2n) is 3.25. The van der Waals surface area contributed by atoms with Gasteiger partial charge in [-0.3, -0.25) is 0 Å². The van der Waals surface area contributed by atoms with E-state index in [9.17, 15) is 9.59 Å². The Morgan fingerprint density at radius 1 is 1.44 bits per heavy atom. The van der Waals surface area contributed by atoms with Crippen molar-refractivity contribution in [3.05, 3.63) is 29.5 Å². The molecule has 0 saturated heterocycles. The number of esters is 2. The minimum Gasteiger partial charge on any atom is -0.464 e. The van der Waals surface area contributed by atoms with Gasteiger partial charge in [-0.15, -0.1) is 0 Å². The third kappa shape index (κ3) is 3.58. The van der Waals surface area contributed by atoms with E-state index in [1.807, 2.05) is 0 Å². The summed E-state index contributed by atoms with van der Waals surface area (Å²) < 4.78 is 9.23. The number of nitrogen functional groups attached to an aromatic ring is 1. The highest BCUT2D eigenvalue weighted by molar-refractivity contribution is 5.90. The van der Waals surface area contributed by atoms with Crippen LogP contribution in [-0.2, 0) is 14.3 Å². The first-order valence-electron chi connectivity index (χ1n) is 5.28. The fraction of sp³-hybridized carbons (Fsp3) is 0.250. The summed E-state index contributed by atoms with van der Waals surface area (Å²) in [7, 11) is 1.26. The van der Waals surface area contributed by atoms with Gasteiger partial charge in [0.1, 0.15) is 5.82 Å². The molecule has 6 nitrogen and oxygen atoms in total. The lowest BCUT2D eigenvalue weighted by Gasteiger charge is -2.02. The molecule has 2 N–H and O–H groups in total. The number of rotatable bonds is 4.